The number of aliphatic hydroxyl groups excluding tert-OH is 1. The summed E-state index contributed by atoms with van der Waals surface area (Å²) in [6, 6.07) is 9.11. The number of aliphatic hydroxyl groups is 1. The molecule has 0 aliphatic heterocycles. The van der Waals surface area contributed by atoms with Crippen molar-refractivity contribution in [1.29, 1.82) is 0 Å². The van der Waals surface area contributed by atoms with Crippen LogP contribution >= 0.6 is 0 Å². The normalized spacial score (nSPS) is 10.1. The predicted molar refractivity (Wildman–Crippen MR) is 118 cm³/mol. The largest absolute Gasteiger partial charge is 0.495 e. The highest BCUT2D eigenvalue weighted by Gasteiger charge is 2.12. The molecule has 30 heavy (non-hydrogen) atoms. The van der Waals surface area contributed by atoms with E-state index < -0.39 is 0 Å². The Hall–Kier alpha value is -3.23. The third-order valence-corrected chi connectivity index (χ3v) is 3.99. The summed E-state index contributed by atoms with van der Waals surface area (Å²) in [6.45, 7) is -0.213. The standard InChI is InChI=1S/C21H25NO6.CH5N/c1-25-17-8-7-14(11-16(17)22-20(24)9-10-23)5-6-15-12-18(26-2)21(28-4)19(13-15)27-3;1-2/h5-8,11-13,23H,9-10H2,1-4H3,(H,22,24);2H2,1H3/b6-5-;. The third-order valence-electron chi connectivity index (χ3n) is 3.99. The average Bonchev–Trinajstić information content (AvgIpc) is 2.78. The van der Waals surface area contributed by atoms with E-state index in [1.54, 1.807) is 33.5 Å². The van der Waals surface area contributed by atoms with Gasteiger partial charge in [0.25, 0.3) is 0 Å². The van der Waals surface area contributed by atoms with Gasteiger partial charge in [-0.25, -0.2) is 0 Å². The average molecular weight is 418 g/mol. The minimum absolute atomic E-state index is 0.0225. The highest BCUT2D eigenvalue weighted by molar-refractivity contribution is 5.93. The zero-order chi connectivity index (χ0) is 22.5. The Labute approximate surface area is 177 Å². The Morgan fingerprint density at radius 2 is 1.47 bits per heavy atom. The van der Waals surface area contributed by atoms with E-state index in [0.717, 1.165) is 11.1 Å². The Morgan fingerprint density at radius 3 is 1.97 bits per heavy atom. The zero-order valence-corrected chi connectivity index (χ0v) is 18.0. The number of nitrogens with two attached hydrogens (primary N) is 1. The molecule has 0 aromatic heterocycles. The van der Waals surface area contributed by atoms with Crippen LogP contribution in [-0.4, -0.2) is 53.1 Å². The number of benzene rings is 2. The number of methoxy groups -OCH3 is 4. The molecule has 0 fully saturated rings. The first-order chi connectivity index (χ1) is 14.6. The maximum atomic E-state index is 11.8. The minimum atomic E-state index is -0.286. The lowest BCUT2D eigenvalue weighted by molar-refractivity contribution is -0.116. The zero-order valence-electron chi connectivity index (χ0n) is 18.0. The number of rotatable bonds is 9. The smallest absolute Gasteiger partial charge is 0.226 e. The van der Waals surface area contributed by atoms with Crippen LogP contribution in [0, 0.1) is 0 Å². The van der Waals surface area contributed by atoms with Crippen molar-refractivity contribution in [1.82, 2.24) is 0 Å². The van der Waals surface area contributed by atoms with E-state index in [2.05, 4.69) is 11.1 Å². The summed E-state index contributed by atoms with van der Waals surface area (Å²) in [4.78, 5) is 11.8. The molecule has 0 saturated heterocycles. The first-order valence-corrected chi connectivity index (χ1v) is 9.20. The van der Waals surface area contributed by atoms with Crippen LogP contribution < -0.4 is 30.0 Å². The molecule has 0 atom stereocenters. The fourth-order valence-corrected chi connectivity index (χ4v) is 2.63. The fraction of sp³-hybridized carbons (Fsp3) is 0.318. The Balaban J connectivity index is 0.00000218. The van der Waals surface area contributed by atoms with E-state index in [4.69, 9.17) is 24.1 Å². The first kappa shape index (κ1) is 24.8. The van der Waals surface area contributed by atoms with Crippen LogP contribution in [0.1, 0.15) is 17.5 Å². The van der Waals surface area contributed by atoms with Crippen molar-refractivity contribution in [3.05, 3.63) is 41.5 Å². The molecule has 2 aromatic carbocycles. The van der Waals surface area contributed by atoms with Crippen molar-refractivity contribution in [3.8, 4) is 23.0 Å². The van der Waals surface area contributed by atoms with Gasteiger partial charge in [0.15, 0.2) is 11.5 Å². The van der Waals surface area contributed by atoms with Gasteiger partial charge < -0.3 is 35.1 Å². The van der Waals surface area contributed by atoms with E-state index in [0.29, 0.717) is 28.7 Å². The molecule has 0 heterocycles. The quantitative estimate of drug-likeness (QED) is 0.537. The number of anilines is 1. The third kappa shape index (κ3) is 6.68. The highest BCUT2D eigenvalue weighted by Crippen LogP contribution is 2.38. The maximum absolute atomic E-state index is 11.8. The highest BCUT2D eigenvalue weighted by atomic mass is 16.5. The van der Waals surface area contributed by atoms with Crippen LogP contribution in [0.4, 0.5) is 5.69 Å². The monoisotopic (exact) mass is 418 g/mol. The molecule has 0 unspecified atom stereocenters. The summed E-state index contributed by atoms with van der Waals surface area (Å²) in [6.07, 6.45) is 3.81. The van der Waals surface area contributed by atoms with Crippen LogP contribution in [0.5, 0.6) is 23.0 Å². The second kappa shape index (κ2) is 13.1. The molecule has 0 radical (unpaired) electrons. The summed E-state index contributed by atoms with van der Waals surface area (Å²) in [5.74, 6) is 1.91. The second-order valence-corrected chi connectivity index (χ2v) is 5.77. The van der Waals surface area contributed by atoms with Crippen molar-refractivity contribution >= 4 is 23.7 Å². The van der Waals surface area contributed by atoms with Gasteiger partial charge in [0, 0.05) is 0 Å². The predicted octanol–water partition coefficient (Wildman–Crippen LogP) is 2.79. The first-order valence-electron chi connectivity index (χ1n) is 9.20. The van der Waals surface area contributed by atoms with Crippen molar-refractivity contribution in [2.45, 2.75) is 6.42 Å². The molecule has 0 aliphatic carbocycles. The summed E-state index contributed by atoms with van der Waals surface area (Å²) in [5.41, 5.74) is 6.75. The Morgan fingerprint density at radius 1 is 0.900 bits per heavy atom. The van der Waals surface area contributed by atoms with Crippen LogP contribution in [0.15, 0.2) is 30.3 Å². The topological polar surface area (TPSA) is 112 Å². The lowest BCUT2D eigenvalue weighted by atomic mass is 10.1. The molecule has 4 N–H and O–H groups in total. The molecule has 2 rings (SSSR count). The molecule has 0 spiro atoms. The number of hydrogen-bond donors (Lipinski definition) is 3. The molecule has 8 nitrogen and oxygen atoms in total. The molecule has 0 saturated carbocycles. The molecule has 2 aromatic rings. The van der Waals surface area contributed by atoms with E-state index in [9.17, 15) is 4.79 Å². The summed E-state index contributed by atoms with van der Waals surface area (Å²) in [7, 11) is 7.72. The van der Waals surface area contributed by atoms with Crippen molar-refractivity contribution in [2.75, 3.05) is 47.4 Å². The number of hydrogen-bond acceptors (Lipinski definition) is 7. The van der Waals surface area contributed by atoms with Crippen molar-refractivity contribution in [2.24, 2.45) is 5.73 Å². The van der Waals surface area contributed by atoms with Crippen LogP contribution in [0.25, 0.3) is 12.2 Å². The summed E-state index contributed by atoms with van der Waals surface area (Å²) >= 11 is 0. The number of carbonyl (C=O) groups excluding carboxylic acids is 1. The molecular formula is C22H30N2O6. The van der Waals surface area contributed by atoms with Gasteiger partial charge in [0.05, 0.1) is 47.2 Å². The molecular weight excluding hydrogens is 388 g/mol. The number of amides is 1. The van der Waals surface area contributed by atoms with Gasteiger partial charge in [-0.05, 0) is 42.4 Å². The van der Waals surface area contributed by atoms with Gasteiger partial charge in [-0.1, -0.05) is 18.2 Å². The molecule has 0 aliphatic rings. The molecule has 1 amide bonds. The molecule has 8 heteroatoms. The SMILES string of the molecule is CN.COc1ccc(/C=C\c2cc(OC)c(OC)c(OC)c2)cc1NC(=O)CCO. The van der Waals surface area contributed by atoms with Crippen molar-refractivity contribution in [3.63, 3.8) is 0 Å². The van der Waals surface area contributed by atoms with Gasteiger partial charge in [-0.2, -0.15) is 0 Å². The van der Waals surface area contributed by atoms with Gasteiger partial charge >= 0.3 is 0 Å². The summed E-state index contributed by atoms with van der Waals surface area (Å²) in [5, 5.41) is 11.6. The lowest BCUT2D eigenvalue weighted by Gasteiger charge is -2.13. The van der Waals surface area contributed by atoms with E-state index >= 15 is 0 Å². The van der Waals surface area contributed by atoms with Gasteiger partial charge in [0.1, 0.15) is 5.75 Å². The van der Waals surface area contributed by atoms with E-state index in [1.165, 1.54) is 14.2 Å². The summed E-state index contributed by atoms with van der Waals surface area (Å²) < 4.78 is 21.3. The maximum Gasteiger partial charge on any atom is 0.226 e. The van der Waals surface area contributed by atoms with E-state index in [1.807, 2.05) is 30.4 Å². The minimum Gasteiger partial charge on any atom is -0.495 e. The van der Waals surface area contributed by atoms with Gasteiger partial charge in [-0.3, -0.25) is 4.79 Å². The van der Waals surface area contributed by atoms with Crippen LogP contribution in [0.2, 0.25) is 0 Å². The van der Waals surface area contributed by atoms with Gasteiger partial charge in [-0.15, -0.1) is 0 Å². The Kier molecular flexibility index (Phi) is 10.8. The Bertz CT molecular complexity index is 827. The van der Waals surface area contributed by atoms with Crippen molar-refractivity contribution < 1.29 is 28.8 Å². The number of carbonyl (C=O) groups is 1. The fourth-order valence-electron chi connectivity index (χ4n) is 2.63. The van der Waals surface area contributed by atoms with Crippen LogP contribution in [0.3, 0.4) is 0 Å². The van der Waals surface area contributed by atoms with E-state index in [-0.39, 0.29) is 18.9 Å². The molecule has 164 valence electrons. The number of nitrogens with one attached hydrogen (secondary N) is 1. The number of ether oxygens (including phenoxy) is 4. The molecule has 0 bridgehead atoms. The van der Waals surface area contributed by atoms with Gasteiger partial charge in [0.2, 0.25) is 11.7 Å². The lowest BCUT2D eigenvalue weighted by Crippen LogP contribution is -2.13. The van der Waals surface area contributed by atoms with Crippen LogP contribution in [-0.2, 0) is 4.79 Å². The second-order valence-electron chi connectivity index (χ2n) is 5.77.